The summed E-state index contributed by atoms with van der Waals surface area (Å²) in [6.45, 7) is 0. The molecule has 5 heteroatoms. The molecule has 0 radical (unpaired) electrons. The molecule has 11 rings (SSSR count). The second-order valence-corrected chi connectivity index (χ2v) is 13.1. The van der Waals surface area contributed by atoms with E-state index in [0.29, 0.717) is 5.89 Å². The van der Waals surface area contributed by atoms with Crippen LogP contribution in [-0.2, 0) is 0 Å². The quantitative estimate of drug-likeness (QED) is 0.183. The molecule has 0 N–H and O–H groups in total. The summed E-state index contributed by atoms with van der Waals surface area (Å²) in [6, 6.07) is 58.7. The van der Waals surface area contributed by atoms with Gasteiger partial charge in [0, 0.05) is 39.2 Å². The predicted octanol–water partition coefficient (Wildman–Crippen LogP) is 13.6. The Morgan fingerprint density at radius 1 is 0.404 bits per heavy atom. The van der Waals surface area contributed by atoms with E-state index in [0.717, 1.165) is 83.2 Å². The van der Waals surface area contributed by atoms with E-state index in [1.807, 2.05) is 60.7 Å². The van der Waals surface area contributed by atoms with Crippen molar-refractivity contribution in [2.45, 2.75) is 0 Å². The highest BCUT2D eigenvalue weighted by molar-refractivity contribution is 6.15. The third-order valence-corrected chi connectivity index (χ3v) is 10.1. The fourth-order valence-corrected chi connectivity index (χ4v) is 7.78. The van der Waals surface area contributed by atoms with E-state index in [2.05, 4.69) is 114 Å². The van der Waals surface area contributed by atoms with Crippen LogP contribution in [0.2, 0.25) is 0 Å². The van der Waals surface area contributed by atoms with Crippen molar-refractivity contribution in [3.8, 4) is 22.6 Å². The van der Waals surface area contributed by atoms with E-state index in [1.165, 1.54) is 16.3 Å². The Morgan fingerprint density at radius 2 is 1.06 bits per heavy atom. The smallest absolute Gasteiger partial charge is 0.228 e. The van der Waals surface area contributed by atoms with Gasteiger partial charge in [-0.3, -0.25) is 0 Å². The largest absolute Gasteiger partial charge is 0.456 e. The van der Waals surface area contributed by atoms with Crippen LogP contribution >= 0.6 is 0 Å². The Kier molecular flexibility index (Phi) is 6.18. The standard InChI is InChI=1S/C47H28N2O3/c1-2-15-33-29(11-1)12-8-17-34(33)30-13-7-14-31(27-30)49(39-20-10-24-43-46(39)35-16-3-5-21-40(35)50-43)32-25-26-36-44(28-32)51-42-23-9-18-37(45(36)42)47-48-38-19-4-6-22-41(38)52-47/h1-28H. The lowest BCUT2D eigenvalue weighted by atomic mass is 9.97. The zero-order chi connectivity index (χ0) is 34.2. The number of rotatable bonds is 5. The van der Waals surface area contributed by atoms with Crippen molar-refractivity contribution in [3.05, 3.63) is 170 Å². The van der Waals surface area contributed by atoms with Crippen LogP contribution in [0.25, 0.3) is 88.3 Å². The Labute approximate surface area is 297 Å². The molecule has 0 aliphatic rings. The lowest BCUT2D eigenvalue weighted by Crippen LogP contribution is -2.10. The second kappa shape index (κ2) is 11.2. The van der Waals surface area contributed by atoms with Gasteiger partial charge in [-0.25, -0.2) is 4.98 Å². The van der Waals surface area contributed by atoms with Gasteiger partial charge in [0.15, 0.2) is 5.58 Å². The first kappa shape index (κ1) is 28.7. The third kappa shape index (κ3) is 4.39. The van der Waals surface area contributed by atoms with Gasteiger partial charge in [0.1, 0.15) is 27.8 Å². The molecule has 244 valence electrons. The number of para-hydroxylation sites is 3. The van der Waals surface area contributed by atoms with Gasteiger partial charge in [0.2, 0.25) is 5.89 Å². The molecule has 0 fully saturated rings. The minimum absolute atomic E-state index is 0.573. The molecule has 0 amide bonds. The summed E-state index contributed by atoms with van der Waals surface area (Å²) in [5, 5.41) is 6.52. The van der Waals surface area contributed by atoms with Gasteiger partial charge < -0.3 is 18.2 Å². The summed E-state index contributed by atoms with van der Waals surface area (Å²) in [4.78, 5) is 7.13. The van der Waals surface area contributed by atoms with Crippen LogP contribution in [0.3, 0.4) is 0 Å². The minimum atomic E-state index is 0.573. The van der Waals surface area contributed by atoms with Crippen LogP contribution in [0, 0.1) is 0 Å². The summed E-state index contributed by atoms with van der Waals surface area (Å²) in [6.07, 6.45) is 0. The molecule has 11 aromatic rings. The van der Waals surface area contributed by atoms with Gasteiger partial charge in [-0.05, 0) is 88.6 Å². The fraction of sp³-hybridized carbons (Fsp3) is 0. The Hall–Kier alpha value is -7.11. The first-order chi connectivity index (χ1) is 25.8. The van der Waals surface area contributed by atoms with Crippen molar-refractivity contribution in [1.82, 2.24) is 4.98 Å². The number of hydrogen-bond acceptors (Lipinski definition) is 5. The highest BCUT2D eigenvalue weighted by atomic mass is 16.4. The second-order valence-electron chi connectivity index (χ2n) is 13.1. The van der Waals surface area contributed by atoms with E-state index in [9.17, 15) is 0 Å². The number of aromatic nitrogens is 1. The minimum Gasteiger partial charge on any atom is -0.456 e. The third-order valence-electron chi connectivity index (χ3n) is 10.1. The van der Waals surface area contributed by atoms with Crippen molar-refractivity contribution in [2.24, 2.45) is 0 Å². The van der Waals surface area contributed by atoms with Gasteiger partial charge >= 0.3 is 0 Å². The van der Waals surface area contributed by atoms with E-state index >= 15 is 0 Å². The van der Waals surface area contributed by atoms with Crippen molar-refractivity contribution >= 4 is 82.8 Å². The van der Waals surface area contributed by atoms with Gasteiger partial charge in [-0.15, -0.1) is 0 Å². The van der Waals surface area contributed by atoms with Gasteiger partial charge in [0.25, 0.3) is 0 Å². The van der Waals surface area contributed by atoms with Crippen molar-refractivity contribution in [3.63, 3.8) is 0 Å². The fourth-order valence-electron chi connectivity index (χ4n) is 7.78. The normalized spacial score (nSPS) is 11.8. The number of fused-ring (bicyclic) bond motifs is 8. The van der Waals surface area contributed by atoms with Crippen LogP contribution in [0.4, 0.5) is 17.1 Å². The summed E-state index contributed by atoms with van der Waals surface area (Å²) in [5.74, 6) is 0.573. The SMILES string of the molecule is c1cc(-c2cccc3ccccc23)cc(N(c2ccc3c(c2)oc2cccc(-c4nc5ccccc5o4)c23)c2cccc3oc4ccccc4c23)c1. The Balaban J connectivity index is 1.14. The molecule has 0 saturated carbocycles. The van der Waals surface area contributed by atoms with Gasteiger partial charge in [0.05, 0.1) is 11.1 Å². The van der Waals surface area contributed by atoms with E-state index in [-0.39, 0.29) is 0 Å². The molecule has 0 aliphatic carbocycles. The zero-order valence-electron chi connectivity index (χ0n) is 27.8. The van der Waals surface area contributed by atoms with Crippen molar-refractivity contribution < 1.29 is 13.3 Å². The van der Waals surface area contributed by atoms with E-state index in [4.69, 9.17) is 18.2 Å². The number of anilines is 3. The summed E-state index contributed by atoms with van der Waals surface area (Å²) in [7, 11) is 0. The number of nitrogens with zero attached hydrogens (tertiary/aromatic N) is 2. The lowest BCUT2D eigenvalue weighted by Gasteiger charge is -2.27. The first-order valence-electron chi connectivity index (χ1n) is 17.4. The van der Waals surface area contributed by atoms with E-state index < -0.39 is 0 Å². The lowest BCUT2D eigenvalue weighted by molar-refractivity contribution is 0.620. The number of benzene rings is 8. The highest BCUT2D eigenvalue weighted by Crippen LogP contribution is 2.46. The van der Waals surface area contributed by atoms with Crippen LogP contribution in [-0.4, -0.2) is 4.98 Å². The maximum Gasteiger partial charge on any atom is 0.228 e. The molecule has 3 heterocycles. The van der Waals surface area contributed by atoms with Crippen LogP contribution in [0.15, 0.2) is 183 Å². The zero-order valence-corrected chi connectivity index (χ0v) is 27.8. The predicted molar refractivity (Wildman–Crippen MR) is 212 cm³/mol. The average molecular weight is 669 g/mol. The molecule has 0 atom stereocenters. The van der Waals surface area contributed by atoms with Crippen LogP contribution < -0.4 is 4.90 Å². The summed E-state index contributed by atoms with van der Waals surface area (Å²) in [5.41, 5.74) is 11.0. The highest BCUT2D eigenvalue weighted by Gasteiger charge is 2.22. The molecular formula is C47H28N2O3. The summed E-state index contributed by atoms with van der Waals surface area (Å²) < 4.78 is 19.2. The Morgan fingerprint density at radius 3 is 1.98 bits per heavy atom. The molecule has 0 spiro atoms. The maximum absolute atomic E-state index is 6.62. The van der Waals surface area contributed by atoms with E-state index in [1.54, 1.807) is 0 Å². The maximum atomic E-state index is 6.62. The molecule has 0 bridgehead atoms. The molecule has 0 unspecified atom stereocenters. The summed E-state index contributed by atoms with van der Waals surface area (Å²) >= 11 is 0. The molecule has 0 saturated heterocycles. The average Bonchev–Trinajstić information content (AvgIpc) is 3.91. The monoisotopic (exact) mass is 668 g/mol. The number of oxazole rings is 1. The van der Waals surface area contributed by atoms with Gasteiger partial charge in [-0.1, -0.05) is 97.1 Å². The molecule has 0 aliphatic heterocycles. The molecular weight excluding hydrogens is 641 g/mol. The number of hydrogen-bond donors (Lipinski definition) is 0. The van der Waals surface area contributed by atoms with Crippen molar-refractivity contribution in [2.75, 3.05) is 4.90 Å². The topological polar surface area (TPSA) is 55.6 Å². The van der Waals surface area contributed by atoms with Crippen LogP contribution in [0.5, 0.6) is 0 Å². The number of furan rings is 2. The molecule has 3 aromatic heterocycles. The molecule has 5 nitrogen and oxygen atoms in total. The van der Waals surface area contributed by atoms with Gasteiger partial charge in [-0.2, -0.15) is 0 Å². The van der Waals surface area contributed by atoms with Crippen molar-refractivity contribution in [1.29, 1.82) is 0 Å². The first-order valence-corrected chi connectivity index (χ1v) is 17.4. The Bertz CT molecular complexity index is 3130. The van der Waals surface area contributed by atoms with Crippen LogP contribution in [0.1, 0.15) is 0 Å². The molecule has 8 aromatic carbocycles. The molecule has 52 heavy (non-hydrogen) atoms.